The largest absolute Gasteiger partial charge is 0.493 e. The topological polar surface area (TPSA) is 91.6 Å². The molecule has 0 bridgehead atoms. The standard InChI is InChI=1S/C20H25N3O5S2/c1-12(2)29-19-11-16-15(22(3)20(24)23(16)4)10-14(19)21-30(25,26)13-7-8-17(27-5)18(9-13)28-6/h7-12,21H,1-6H3. The number of benzene rings is 2. The monoisotopic (exact) mass is 451 g/mol. The minimum Gasteiger partial charge on any atom is -0.493 e. The van der Waals surface area contributed by atoms with Gasteiger partial charge < -0.3 is 9.47 Å². The van der Waals surface area contributed by atoms with Crippen LogP contribution in [0, 0.1) is 0 Å². The van der Waals surface area contributed by atoms with Gasteiger partial charge in [0.05, 0.1) is 35.8 Å². The van der Waals surface area contributed by atoms with Crippen LogP contribution in [-0.4, -0.2) is 37.0 Å². The van der Waals surface area contributed by atoms with Gasteiger partial charge in [-0.3, -0.25) is 13.9 Å². The van der Waals surface area contributed by atoms with Crippen molar-refractivity contribution in [1.29, 1.82) is 0 Å². The van der Waals surface area contributed by atoms with E-state index in [4.69, 9.17) is 9.47 Å². The van der Waals surface area contributed by atoms with E-state index >= 15 is 0 Å². The van der Waals surface area contributed by atoms with Crippen molar-refractivity contribution in [3.63, 3.8) is 0 Å². The van der Waals surface area contributed by atoms with E-state index in [2.05, 4.69) is 4.72 Å². The SMILES string of the molecule is COc1ccc(S(=O)(=O)Nc2cc3c(cc2SC(C)C)n(C)c(=O)n3C)cc1OC. The van der Waals surface area contributed by atoms with Crippen LogP contribution in [0.5, 0.6) is 11.5 Å². The van der Waals surface area contributed by atoms with Crippen LogP contribution in [0.4, 0.5) is 5.69 Å². The van der Waals surface area contributed by atoms with Crippen molar-refractivity contribution in [3.05, 3.63) is 40.8 Å². The highest BCUT2D eigenvalue weighted by molar-refractivity contribution is 8.00. The molecule has 3 aromatic rings. The summed E-state index contributed by atoms with van der Waals surface area (Å²) >= 11 is 1.52. The summed E-state index contributed by atoms with van der Waals surface area (Å²) in [5, 5.41) is 0.215. The fourth-order valence-electron chi connectivity index (χ4n) is 3.14. The third-order valence-corrected chi connectivity index (χ3v) is 7.07. The first-order chi connectivity index (χ1) is 14.1. The maximum Gasteiger partial charge on any atom is 0.328 e. The number of fused-ring (bicyclic) bond motifs is 1. The summed E-state index contributed by atoms with van der Waals surface area (Å²) in [6.45, 7) is 4.04. The predicted molar refractivity (Wildman–Crippen MR) is 120 cm³/mol. The Labute approximate surface area is 179 Å². The van der Waals surface area contributed by atoms with Crippen molar-refractivity contribution in [3.8, 4) is 11.5 Å². The van der Waals surface area contributed by atoms with Crippen LogP contribution in [0.25, 0.3) is 11.0 Å². The predicted octanol–water partition coefficient (Wildman–Crippen LogP) is 3.20. The summed E-state index contributed by atoms with van der Waals surface area (Å²) < 4.78 is 42.3. The molecule has 162 valence electrons. The Balaban J connectivity index is 2.13. The number of rotatable bonds is 7. The van der Waals surface area contributed by atoms with E-state index in [0.717, 1.165) is 10.4 Å². The first-order valence-corrected chi connectivity index (χ1v) is 11.6. The number of nitrogens with zero attached hydrogens (tertiary/aromatic N) is 2. The minimum atomic E-state index is -3.91. The van der Waals surface area contributed by atoms with E-state index in [1.807, 2.05) is 19.9 Å². The summed E-state index contributed by atoms with van der Waals surface area (Å²) in [7, 11) is 2.38. The molecule has 30 heavy (non-hydrogen) atoms. The van der Waals surface area contributed by atoms with Gasteiger partial charge in [-0.2, -0.15) is 0 Å². The number of hydrogen-bond donors (Lipinski definition) is 1. The van der Waals surface area contributed by atoms with Gasteiger partial charge in [-0.05, 0) is 24.3 Å². The smallest absolute Gasteiger partial charge is 0.328 e. The molecule has 0 amide bonds. The number of sulfonamides is 1. The lowest BCUT2D eigenvalue weighted by Crippen LogP contribution is -2.19. The molecule has 0 unspecified atom stereocenters. The Hall–Kier alpha value is -2.59. The molecule has 2 aromatic carbocycles. The molecule has 1 aromatic heterocycles. The number of anilines is 1. The zero-order valence-corrected chi connectivity index (χ0v) is 19.3. The van der Waals surface area contributed by atoms with Crippen LogP contribution in [0.3, 0.4) is 0 Å². The lowest BCUT2D eigenvalue weighted by molar-refractivity contribution is 0.354. The van der Waals surface area contributed by atoms with Gasteiger partial charge in [0.15, 0.2) is 11.5 Å². The molecule has 0 aliphatic heterocycles. The van der Waals surface area contributed by atoms with Gasteiger partial charge in [0.25, 0.3) is 10.0 Å². The number of methoxy groups -OCH3 is 2. The molecule has 0 saturated heterocycles. The van der Waals surface area contributed by atoms with Gasteiger partial charge in [-0.15, -0.1) is 11.8 Å². The Morgan fingerprint density at radius 3 is 2.13 bits per heavy atom. The van der Waals surface area contributed by atoms with E-state index in [0.29, 0.717) is 22.7 Å². The second-order valence-corrected chi connectivity index (χ2v) is 10.3. The normalized spacial score (nSPS) is 11.8. The van der Waals surface area contributed by atoms with Crippen molar-refractivity contribution in [2.45, 2.75) is 28.9 Å². The molecule has 3 rings (SSSR count). The Morgan fingerprint density at radius 1 is 0.967 bits per heavy atom. The Morgan fingerprint density at radius 2 is 1.57 bits per heavy atom. The zero-order chi connectivity index (χ0) is 22.2. The van der Waals surface area contributed by atoms with Crippen molar-refractivity contribution < 1.29 is 17.9 Å². The van der Waals surface area contributed by atoms with Crippen LogP contribution in [0.1, 0.15) is 13.8 Å². The number of thioether (sulfide) groups is 1. The van der Waals surface area contributed by atoms with E-state index in [-0.39, 0.29) is 15.8 Å². The average Bonchev–Trinajstić information content (AvgIpc) is 2.90. The van der Waals surface area contributed by atoms with Gasteiger partial charge in [0, 0.05) is 30.3 Å². The Bertz CT molecular complexity index is 1260. The lowest BCUT2D eigenvalue weighted by atomic mass is 10.3. The molecule has 0 aliphatic carbocycles. The number of aryl methyl sites for hydroxylation is 2. The number of nitrogens with one attached hydrogen (secondary N) is 1. The summed E-state index contributed by atoms with van der Waals surface area (Å²) in [6.07, 6.45) is 0. The highest BCUT2D eigenvalue weighted by Gasteiger charge is 2.21. The summed E-state index contributed by atoms with van der Waals surface area (Å²) in [5.41, 5.74) is 1.61. The highest BCUT2D eigenvalue weighted by atomic mass is 32.2. The number of ether oxygens (including phenoxy) is 2. The molecule has 0 radical (unpaired) electrons. The molecule has 0 atom stereocenters. The molecule has 0 saturated carbocycles. The fourth-order valence-corrected chi connectivity index (χ4v) is 5.22. The van der Waals surface area contributed by atoms with Gasteiger partial charge in [-0.1, -0.05) is 13.8 Å². The van der Waals surface area contributed by atoms with Crippen molar-refractivity contribution in [1.82, 2.24) is 9.13 Å². The second-order valence-electron chi connectivity index (χ2n) is 7.03. The molecular weight excluding hydrogens is 426 g/mol. The first-order valence-electron chi connectivity index (χ1n) is 9.20. The molecule has 10 heteroatoms. The minimum absolute atomic E-state index is 0.0442. The van der Waals surface area contributed by atoms with Crippen molar-refractivity contribution >= 4 is 38.5 Å². The van der Waals surface area contributed by atoms with Crippen LogP contribution in [-0.2, 0) is 24.1 Å². The second kappa shape index (κ2) is 8.27. The van der Waals surface area contributed by atoms with E-state index in [9.17, 15) is 13.2 Å². The summed E-state index contributed by atoms with van der Waals surface area (Å²) in [4.78, 5) is 13.1. The van der Waals surface area contributed by atoms with E-state index in [1.54, 1.807) is 30.8 Å². The third kappa shape index (κ3) is 4.01. The maximum atomic E-state index is 13.1. The summed E-state index contributed by atoms with van der Waals surface area (Å²) in [5.74, 6) is 0.756. The quantitative estimate of drug-likeness (QED) is 0.555. The van der Waals surface area contributed by atoms with Gasteiger partial charge >= 0.3 is 5.69 Å². The molecular formula is C20H25N3O5S2. The van der Waals surface area contributed by atoms with Crippen LogP contribution in [0.2, 0.25) is 0 Å². The summed E-state index contributed by atoms with van der Waals surface area (Å²) in [6, 6.07) is 7.94. The zero-order valence-electron chi connectivity index (χ0n) is 17.7. The molecule has 0 fully saturated rings. The van der Waals surface area contributed by atoms with Crippen LogP contribution in [0.15, 0.2) is 44.9 Å². The first kappa shape index (κ1) is 22.1. The van der Waals surface area contributed by atoms with Gasteiger partial charge in [0.2, 0.25) is 0 Å². The van der Waals surface area contributed by atoms with E-state index in [1.165, 1.54) is 42.7 Å². The van der Waals surface area contributed by atoms with Crippen LogP contribution < -0.4 is 19.9 Å². The van der Waals surface area contributed by atoms with E-state index < -0.39 is 10.0 Å². The number of imidazole rings is 1. The molecule has 1 N–H and O–H groups in total. The lowest BCUT2D eigenvalue weighted by Gasteiger charge is -2.16. The molecule has 8 nitrogen and oxygen atoms in total. The van der Waals surface area contributed by atoms with Crippen molar-refractivity contribution in [2.24, 2.45) is 14.1 Å². The number of aromatic nitrogens is 2. The maximum absolute atomic E-state index is 13.1. The molecule has 0 aliphatic rings. The molecule has 1 heterocycles. The van der Waals surface area contributed by atoms with Gasteiger partial charge in [-0.25, -0.2) is 13.2 Å². The van der Waals surface area contributed by atoms with Crippen molar-refractivity contribution in [2.75, 3.05) is 18.9 Å². The molecule has 0 spiro atoms. The third-order valence-electron chi connectivity index (χ3n) is 4.65. The number of hydrogen-bond acceptors (Lipinski definition) is 6. The average molecular weight is 452 g/mol. The highest BCUT2D eigenvalue weighted by Crippen LogP contribution is 2.36. The van der Waals surface area contributed by atoms with Crippen LogP contribution >= 0.6 is 11.8 Å². The Kier molecular flexibility index (Phi) is 6.09. The van der Waals surface area contributed by atoms with Gasteiger partial charge in [0.1, 0.15) is 0 Å². The fraction of sp³-hybridized carbons (Fsp3) is 0.350.